The summed E-state index contributed by atoms with van der Waals surface area (Å²) in [6.07, 6.45) is 0.596. The number of amides is 1. The summed E-state index contributed by atoms with van der Waals surface area (Å²) in [6.45, 7) is 4.84. The number of carbonyl (C=O) groups excluding carboxylic acids is 1. The molecule has 0 unspecified atom stereocenters. The third-order valence-electron chi connectivity index (χ3n) is 3.51. The lowest BCUT2D eigenvalue weighted by atomic mass is 10.1. The zero-order valence-corrected chi connectivity index (χ0v) is 16.8. The van der Waals surface area contributed by atoms with E-state index in [-0.39, 0.29) is 11.2 Å². The number of hydrogen-bond donors (Lipinski definition) is 0. The molecular weight excluding hydrogens is 398 g/mol. The molecule has 2 rings (SSSR count). The molecule has 0 N–H and O–H groups in total. The first-order chi connectivity index (χ1) is 10.9. The van der Waals surface area contributed by atoms with Crippen LogP contribution in [-0.2, 0) is 11.2 Å². The van der Waals surface area contributed by atoms with Crippen molar-refractivity contribution in [1.29, 1.82) is 0 Å². The van der Waals surface area contributed by atoms with Crippen molar-refractivity contribution in [3.05, 3.63) is 22.2 Å². The molecule has 7 heteroatoms. The van der Waals surface area contributed by atoms with E-state index < -0.39 is 0 Å². The zero-order valence-electron chi connectivity index (χ0n) is 13.6. The second kappa shape index (κ2) is 7.85. The Morgan fingerprint density at radius 1 is 1.30 bits per heavy atom. The highest BCUT2D eigenvalue weighted by molar-refractivity contribution is 9.10. The lowest BCUT2D eigenvalue weighted by molar-refractivity contribution is -0.126. The van der Waals surface area contributed by atoms with Crippen LogP contribution in [-0.4, -0.2) is 41.1 Å². The van der Waals surface area contributed by atoms with Crippen molar-refractivity contribution in [3.63, 3.8) is 0 Å². The van der Waals surface area contributed by atoms with Gasteiger partial charge in [-0.25, -0.2) is 0 Å². The van der Waals surface area contributed by atoms with Gasteiger partial charge in [-0.15, -0.1) is 0 Å². The molecule has 1 aliphatic heterocycles. The fourth-order valence-electron chi connectivity index (χ4n) is 2.41. The first-order valence-corrected chi connectivity index (χ1v) is 9.37. The predicted octanol–water partition coefficient (Wildman–Crippen LogP) is 3.89. The van der Waals surface area contributed by atoms with Gasteiger partial charge in [0, 0.05) is 11.0 Å². The van der Waals surface area contributed by atoms with Gasteiger partial charge in [0.1, 0.15) is 4.32 Å². The van der Waals surface area contributed by atoms with E-state index in [1.54, 1.807) is 19.1 Å². The maximum atomic E-state index is 12.6. The van der Waals surface area contributed by atoms with Crippen LogP contribution in [0.25, 0.3) is 0 Å². The molecule has 0 radical (unpaired) electrons. The van der Waals surface area contributed by atoms with Crippen molar-refractivity contribution >= 4 is 50.1 Å². The summed E-state index contributed by atoms with van der Waals surface area (Å²) in [5.74, 6) is 1.80. The van der Waals surface area contributed by atoms with Gasteiger partial charge in [0.2, 0.25) is 5.91 Å². The van der Waals surface area contributed by atoms with Crippen molar-refractivity contribution in [2.45, 2.75) is 25.5 Å². The highest BCUT2D eigenvalue weighted by atomic mass is 79.9. The van der Waals surface area contributed by atoms with E-state index >= 15 is 0 Å². The number of methoxy groups -OCH3 is 2. The van der Waals surface area contributed by atoms with E-state index in [2.05, 4.69) is 29.8 Å². The van der Waals surface area contributed by atoms with Crippen molar-refractivity contribution < 1.29 is 14.3 Å². The standard InChI is InChI=1S/C16H20BrNO3S2/c1-9(2)8-18-15(19)14(23-16(18)22)6-10-5-12(20-3)13(21-4)7-11(10)17/h5,7,9,14H,6,8H2,1-4H3/t14-/m1/s1. The van der Waals surface area contributed by atoms with Crippen molar-refractivity contribution in [1.82, 2.24) is 4.90 Å². The van der Waals surface area contributed by atoms with Gasteiger partial charge < -0.3 is 9.47 Å². The number of carbonyl (C=O) groups is 1. The maximum absolute atomic E-state index is 12.6. The molecule has 1 heterocycles. The Hall–Kier alpha value is -0.790. The molecule has 0 saturated carbocycles. The second-order valence-corrected chi connectivity index (χ2v) is 8.41. The molecule has 1 aliphatic rings. The molecule has 0 aromatic heterocycles. The van der Waals surface area contributed by atoms with E-state index in [0.29, 0.717) is 34.7 Å². The maximum Gasteiger partial charge on any atom is 0.241 e. The summed E-state index contributed by atoms with van der Waals surface area (Å²) in [5.41, 5.74) is 1.00. The Bertz CT molecular complexity index is 622. The van der Waals surface area contributed by atoms with Crippen LogP contribution >= 0.6 is 39.9 Å². The molecule has 0 bridgehead atoms. The van der Waals surface area contributed by atoms with Crippen LogP contribution in [0.2, 0.25) is 0 Å². The highest BCUT2D eigenvalue weighted by Gasteiger charge is 2.37. The number of hydrogen-bond acceptors (Lipinski definition) is 5. The van der Waals surface area contributed by atoms with Gasteiger partial charge >= 0.3 is 0 Å². The zero-order chi connectivity index (χ0) is 17.1. The summed E-state index contributed by atoms with van der Waals surface area (Å²) in [7, 11) is 3.20. The normalized spacial score (nSPS) is 18.0. The lowest BCUT2D eigenvalue weighted by Gasteiger charge is -2.18. The molecule has 1 amide bonds. The summed E-state index contributed by atoms with van der Waals surface area (Å²) >= 11 is 10.4. The highest BCUT2D eigenvalue weighted by Crippen LogP contribution is 2.37. The van der Waals surface area contributed by atoms with Crippen LogP contribution in [0.15, 0.2) is 16.6 Å². The minimum Gasteiger partial charge on any atom is -0.493 e. The summed E-state index contributed by atoms with van der Waals surface area (Å²) in [5, 5.41) is -0.185. The fourth-order valence-corrected chi connectivity index (χ4v) is 4.43. The SMILES string of the molecule is COc1cc(Br)c(C[C@H]2SC(=S)N(CC(C)C)C2=O)cc1OC. The number of halogens is 1. The Labute approximate surface area is 155 Å². The molecule has 1 saturated heterocycles. The van der Waals surface area contributed by atoms with Crippen LogP contribution < -0.4 is 9.47 Å². The molecule has 1 fully saturated rings. The number of benzene rings is 1. The molecule has 126 valence electrons. The number of rotatable bonds is 6. The molecule has 0 spiro atoms. The number of thiocarbonyl (C=S) groups is 1. The topological polar surface area (TPSA) is 38.8 Å². The molecule has 1 aromatic carbocycles. The lowest BCUT2D eigenvalue weighted by Crippen LogP contribution is -2.34. The molecular formula is C16H20BrNO3S2. The number of nitrogens with zero attached hydrogens (tertiary/aromatic N) is 1. The number of ether oxygens (including phenoxy) is 2. The molecule has 4 nitrogen and oxygen atoms in total. The van der Waals surface area contributed by atoms with Gasteiger partial charge in [-0.05, 0) is 30.0 Å². The van der Waals surface area contributed by atoms with E-state index in [1.807, 2.05) is 12.1 Å². The Balaban J connectivity index is 2.20. The van der Waals surface area contributed by atoms with Gasteiger partial charge in [-0.2, -0.15) is 0 Å². The first-order valence-electron chi connectivity index (χ1n) is 7.29. The van der Waals surface area contributed by atoms with E-state index in [4.69, 9.17) is 21.7 Å². The van der Waals surface area contributed by atoms with Gasteiger partial charge in [0.15, 0.2) is 11.5 Å². The van der Waals surface area contributed by atoms with E-state index in [1.165, 1.54) is 11.8 Å². The smallest absolute Gasteiger partial charge is 0.241 e. The van der Waals surface area contributed by atoms with Crippen LogP contribution in [0, 0.1) is 5.92 Å². The van der Waals surface area contributed by atoms with Crippen LogP contribution in [0.5, 0.6) is 11.5 Å². The van der Waals surface area contributed by atoms with Crippen LogP contribution in [0.4, 0.5) is 0 Å². The predicted molar refractivity (Wildman–Crippen MR) is 101 cm³/mol. The van der Waals surface area contributed by atoms with Gasteiger partial charge in [0.25, 0.3) is 0 Å². The fraction of sp³-hybridized carbons (Fsp3) is 0.500. The Morgan fingerprint density at radius 2 is 1.91 bits per heavy atom. The third kappa shape index (κ3) is 4.19. The monoisotopic (exact) mass is 417 g/mol. The number of thioether (sulfide) groups is 1. The average molecular weight is 418 g/mol. The van der Waals surface area contributed by atoms with Crippen molar-refractivity contribution in [3.8, 4) is 11.5 Å². The minimum atomic E-state index is -0.185. The van der Waals surface area contributed by atoms with Crippen molar-refractivity contribution in [2.24, 2.45) is 5.92 Å². The van der Waals surface area contributed by atoms with Gasteiger partial charge in [-0.1, -0.05) is 53.8 Å². The Morgan fingerprint density at radius 3 is 2.48 bits per heavy atom. The van der Waals surface area contributed by atoms with Crippen molar-refractivity contribution in [2.75, 3.05) is 20.8 Å². The first kappa shape index (κ1) is 18.5. The van der Waals surface area contributed by atoms with Crippen LogP contribution in [0.1, 0.15) is 19.4 Å². The summed E-state index contributed by atoms with van der Waals surface area (Å²) in [6, 6.07) is 3.77. The Kier molecular flexibility index (Phi) is 6.33. The third-order valence-corrected chi connectivity index (χ3v) is 5.83. The van der Waals surface area contributed by atoms with Gasteiger partial charge in [-0.3, -0.25) is 9.69 Å². The van der Waals surface area contributed by atoms with Gasteiger partial charge in [0.05, 0.1) is 19.5 Å². The molecule has 1 aromatic rings. The minimum absolute atomic E-state index is 0.0929. The summed E-state index contributed by atoms with van der Waals surface area (Å²) < 4.78 is 12.2. The summed E-state index contributed by atoms with van der Waals surface area (Å²) in [4.78, 5) is 14.3. The second-order valence-electron chi connectivity index (χ2n) is 5.72. The average Bonchev–Trinajstić information content (AvgIpc) is 2.76. The quantitative estimate of drug-likeness (QED) is 0.656. The van der Waals surface area contributed by atoms with E-state index in [0.717, 1.165) is 10.0 Å². The van der Waals surface area contributed by atoms with Crippen LogP contribution in [0.3, 0.4) is 0 Å². The molecule has 1 atom stereocenters. The molecule has 23 heavy (non-hydrogen) atoms. The van der Waals surface area contributed by atoms with E-state index in [9.17, 15) is 4.79 Å². The molecule has 0 aliphatic carbocycles. The largest absolute Gasteiger partial charge is 0.493 e.